The number of unbranched alkanes of at least 4 members (excludes halogenated alkanes) is 1. The van der Waals surface area contributed by atoms with Crippen molar-refractivity contribution in [2.45, 2.75) is 25.3 Å². The molecule has 0 bridgehead atoms. The van der Waals surface area contributed by atoms with Gasteiger partial charge in [0.1, 0.15) is 6.04 Å². The Balaban J connectivity index is 3.92. The fraction of sp³-hybridized carbons (Fsp3) is 0.750. The van der Waals surface area contributed by atoms with Gasteiger partial charge in [-0.2, -0.15) is 0 Å². The summed E-state index contributed by atoms with van der Waals surface area (Å²) >= 11 is 0. The molecule has 0 rings (SSSR count). The van der Waals surface area contributed by atoms with Crippen LogP contribution in [0, 0.1) is 0 Å². The molecular formula is C8H17N2O7P. The first-order valence-corrected chi connectivity index (χ1v) is 6.69. The number of hydrogen-bond acceptors (Lipinski definition) is 7. The van der Waals surface area contributed by atoms with Crippen LogP contribution in [0.25, 0.3) is 0 Å². The minimum absolute atomic E-state index is 0.308. The highest BCUT2D eigenvalue weighted by Crippen LogP contribution is 2.35. The highest BCUT2D eigenvalue weighted by atomic mass is 31.2. The van der Waals surface area contributed by atoms with E-state index >= 15 is 0 Å². The number of ether oxygens (including phenoxy) is 1. The second-order valence-electron chi connectivity index (χ2n) is 3.45. The molecule has 0 saturated carbocycles. The van der Waals surface area contributed by atoms with Gasteiger partial charge in [0.2, 0.25) is 0 Å². The predicted molar refractivity (Wildman–Crippen MR) is 60.0 cm³/mol. The van der Waals surface area contributed by atoms with Crippen LogP contribution < -0.4 is 11.5 Å². The number of carbonyl (C=O) groups is 2. The maximum atomic E-state index is 11.2. The zero-order valence-electron chi connectivity index (χ0n) is 9.65. The van der Waals surface area contributed by atoms with Crippen LogP contribution in [0.2, 0.25) is 0 Å². The number of rotatable bonds is 8. The Morgan fingerprint density at radius 3 is 2.39 bits per heavy atom. The van der Waals surface area contributed by atoms with E-state index in [0.717, 1.165) is 0 Å². The van der Waals surface area contributed by atoms with Gasteiger partial charge in [-0.15, -0.1) is 0 Å². The van der Waals surface area contributed by atoms with Crippen LogP contribution in [0.5, 0.6) is 0 Å². The van der Waals surface area contributed by atoms with E-state index in [9.17, 15) is 14.2 Å². The van der Waals surface area contributed by atoms with E-state index < -0.39 is 32.4 Å². The standard InChI is InChI=1S/C8H17N2O7P/c9-4-2-1-3-6(10)8(12)17-7(11)5-16-18(13,14)15/h6H,1-5,9-10H2,(H2,13,14,15)/t6-/m0/s1. The molecule has 0 heterocycles. The van der Waals surface area contributed by atoms with Crippen molar-refractivity contribution in [3.63, 3.8) is 0 Å². The van der Waals surface area contributed by atoms with Gasteiger partial charge in [-0.25, -0.2) is 14.2 Å². The van der Waals surface area contributed by atoms with Crippen LogP contribution in [0.4, 0.5) is 0 Å². The summed E-state index contributed by atoms with van der Waals surface area (Å²) < 4.78 is 18.4. The van der Waals surface area contributed by atoms with E-state index in [2.05, 4.69) is 9.26 Å². The minimum Gasteiger partial charge on any atom is -0.390 e. The molecule has 6 N–H and O–H groups in total. The van der Waals surface area contributed by atoms with Gasteiger partial charge >= 0.3 is 19.8 Å². The summed E-state index contributed by atoms with van der Waals surface area (Å²) in [5.41, 5.74) is 10.7. The second kappa shape index (κ2) is 8.30. The molecule has 0 radical (unpaired) electrons. The zero-order chi connectivity index (χ0) is 14.2. The normalized spacial score (nSPS) is 13.1. The van der Waals surface area contributed by atoms with Crippen molar-refractivity contribution in [1.82, 2.24) is 0 Å². The quantitative estimate of drug-likeness (QED) is 0.182. The minimum atomic E-state index is -4.77. The Morgan fingerprint density at radius 1 is 1.28 bits per heavy atom. The molecule has 0 saturated heterocycles. The molecule has 0 spiro atoms. The molecular weight excluding hydrogens is 267 g/mol. The smallest absolute Gasteiger partial charge is 0.390 e. The summed E-state index contributed by atoms with van der Waals surface area (Å²) in [5, 5.41) is 0. The lowest BCUT2D eigenvalue weighted by atomic mass is 10.1. The maximum Gasteiger partial charge on any atom is 0.470 e. The Hall–Kier alpha value is -0.830. The summed E-state index contributed by atoms with van der Waals surface area (Å²) in [4.78, 5) is 38.8. The SMILES string of the molecule is NCCCC[C@H](N)C(=O)OC(=O)COP(=O)(O)O. The fourth-order valence-corrected chi connectivity index (χ4v) is 1.25. The topological polar surface area (TPSA) is 162 Å². The molecule has 0 amide bonds. The number of phosphoric ester groups is 1. The van der Waals surface area contributed by atoms with E-state index in [1.54, 1.807) is 0 Å². The Kier molecular flexibility index (Phi) is 7.92. The summed E-state index contributed by atoms with van der Waals surface area (Å²) in [7, 11) is -4.77. The third-order valence-corrected chi connectivity index (χ3v) is 2.30. The first-order valence-electron chi connectivity index (χ1n) is 5.16. The monoisotopic (exact) mass is 284 g/mol. The number of nitrogens with two attached hydrogens (primary N) is 2. The average molecular weight is 284 g/mol. The lowest BCUT2D eigenvalue weighted by Gasteiger charge is -2.10. The van der Waals surface area contributed by atoms with E-state index in [4.69, 9.17) is 21.3 Å². The molecule has 0 unspecified atom stereocenters. The first kappa shape index (κ1) is 17.2. The van der Waals surface area contributed by atoms with Crippen molar-refractivity contribution in [2.75, 3.05) is 13.2 Å². The molecule has 10 heteroatoms. The molecule has 0 aliphatic heterocycles. The highest BCUT2D eigenvalue weighted by Gasteiger charge is 2.21. The van der Waals surface area contributed by atoms with Crippen LogP contribution in [0.3, 0.4) is 0 Å². The number of phosphoric acid groups is 1. The zero-order valence-corrected chi connectivity index (χ0v) is 10.5. The van der Waals surface area contributed by atoms with Crippen LogP contribution in [-0.2, 0) is 23.4 Å². The number of hydrogen-bond donors (Lipinski definition) is 4. The average Bonchev–Trinajstić information content (AvgIpc) is 2.25. The summed E-state index contributed by atoms with van der Waals surface area (Å²) in [6.07, 6.45) is 1.61. The van der Waals surface area contributed by atoms with Gasteiger partial charge in [-0.3, -0.25) is 4.52 Å². The third kappa shape index (κ3) is 9.23. The lowest BCUT2D eigenvalue weighted by Crippen LogP contribution is -2.34. The van der Waals surface area contributed by atoms with Gasteiger partial charge in [0, 0.05) is 0 Å². The van der Waals surface area contributed by atoms with E-state index in [1.807, 2.05) is 0 Å². The molecule has 1 atom stereocenters. The van der Waals surface area contributed by atoms with E-state index in [0.29, 0.717) is 25.8 Å². The number of carbonyl (C=O) groups excluding carboxylic acids is 2. The molecule has 0 aliphatic rings. The molecule has 9 nitrogen and oxygen atoms in total. The highest BCUT2D eigenvalue weighted by molar-refractivity contribution is 7.46. The maximum absolute atomic E-state index is 11.2. The predicted octanol–water partition coefficient (Wildman–Crippen LogP) is -1.38. The van der Waals surface area contributed by atoms with Crippen LogP contribution >= 0.6 is 7.82 Å². The molecule has 0 aliphatic carbocycles. The molecule has 0 aromatic heterocycles. The van der Waals surface area contributed by atoms with Crippen molar-refractivity contribution in [3.8, 4) is 0 Å². The summed E-state index contributed by atoms with van der Waals surface area (Å²) in [6.45, 7) is -0.553. The summed E-state index contributed by atoms with van der Waals surface area (Å²) in [6, 6.07) is -0.976. The molecule has 0 fully saturated rings. The van der Waals surface area contributed by atoms with Gasteiger partial charge in [0.15, 0.2) is 6.61 Å². The van der Waals surface area contributed by atoms with E-state index in [-0.39, 0.29) is 0 Å². The molecule has 0 aromatic rings. The van der Waals surface area contributed by atoms with Crippen LogP contribution in [0.1, 0.15) is 19.3 Å². The van der Waals surface area contributed by atoms with Gasteiger partial charge < -0.3 is 26.0 Å². The first-order chi connectivity index (χ1) is 8.26. The Morgan fingerprint density at radius 2 is 1.89 bits per heavy atom. The molecule has 0 aromatic carbocycles. The van der Waals surface area contributed by atoms with Crippen molar-refractivity contribution >= 4 is 19.8 Å². The van der Waals surface area contributed by atoms with Crippen molar-refractivity contribution < 1.29 is 33.2 Å². The number of esters is 2. The Bertz CT molecular complexity index is 329. The van der Waals surface area contributed by atoms with Crippen molar-refractivity contribution in [2.24, 2.45) is 11.5 Å². The molecule has 106 valence electrons. The Labute approximate surface area is 104 Å². The van der Waals surface area contributed by atoms with Crippen LogP contribution in [0.15, 0.2) is 0 Å². The van der Waals surface area contributed by atoms with E-state index in [1.165, 1.54) is 0 Å². The largest absolute Gasteiger partial charge is 0.470 e. The van der Waals surface area contributed by atoms with Crippen molar-refractivity contribution in [3.05, 3.63) is 0 Å². The van der Waals surface area contributed by atoms with Crippen LogP contribution in [-0.4, -0.2) is 40.9 Å². The van der Waals surface area contributed by atoms with Gasteiger partial charge in [0.05, 0.1) is 0 Å². The molecule has 18 heavy (non-hydrogen) atoms. The third-order valence-electron chi connectivity index (χ3n) is 1.84. The van der Waals surface area contributed by atoms with Gasteiger partial charge in [-0.05, 0) is 19.4 Å². The fourth-order valence-electron chi connectivity index (χ4n) is 0.981. The van der Waals surface area contributed by atoms with Gasteiger partial charge in [0.25, 0.3) is 0 Å². The lowest BCUT2D eigenvalue weighted by molar-refractivity contribution is -0.162. The van der Waals surface area contributed by atoms with Gasteiger partial charge in [-0.1, -0.05) is 6.42 Å². The summed E-state index contributed by atoms with van der Waals surface area (Å²) in [5.74, 6) is -2.18. The van der Waals surface area contributed by atoms with Crippen molar-refractivity contribution in [1.29, 1.82) is 0 Å². The second-order valence-corrected chi connectivity index (χ2v) is 4.69.